The van der Waals surface area contributed by atoms with E-state index in [0.717, 1.165) is 30.3 Å². The van der Waals surface area contributed by atoms with Gasteiger partial charge in [-0.3, -0.25) is 0 Å². The summed E-state index contributed by atoms with van der Waals surface area (Å²) in [5.74, 6) is -53.7. The number of fused-ring (bicyclic) bond motifs is 3. The molecule has 5 aromatic carbocycles. The summed E-state index contributed by atoms with van der Waals surface area (Å²) in [6.45, 7) is -3.03. The zero-order valence-electron chi connectivity index (χ0n) is 28.9. The molecule has 0 amide bonds. The lowest BCUT2D eigenvalue weighted by Gasteiger charge is -2.24. The molecule has 0 aromatic heterocycles. The fraction of sp³-hybridized carbons (Fsp3) is 0.105. The van der Waals surface area contributed by atoms with E-state index < -0.39 is 163 Å². The molecule has 0 nitrogen and oxygen atoms in total. The second-order valence-corrected chi connectivity index (χ2v) is 13.9. The van der Waals surface area contributed by atoms with Crippen molar-refractivity contribution in [3.05, 3.63) is 158 Å². The minimum atomic E-state index is -3.08. The Morgan fingerprint density at radius 2 is 0.661 bits per heavy atom. The molecule has 0 N–H and O–H groups in total. The molecular formula is C38H13B2F19. The summed E-state index contributed by atoms with van der Waals surface area (Å²) < 4.78 is 281. The van der Waals surface area contributed by atoms with Crippen LogP contribution in [0.4, 0.5) is 83.4 Å². The van der Waals surface area contributed by atoms with Crippen molar-refractivity contribution in [3.8, 4) is 11.1 Å². The molecule has 2 aliphatic rings. The summed E-state index contributed by atoms with van der Waals surface area (Å²) in [5, 5.41) is 0. The van der Waals surface area contributed by atoms with Crippen LogP contribution >= 0.6 is 0 Å². The maximum absolute atomic E-state index is 15.4. The van der Waals surface area contributed by atoms with Crippen LogP contribution in [0.2, 0.25) is 5.82 Å². The Hall–Kier alpha value is -5.62. The van der Waals surface area contributed by atoms with Crippen LogP contribution in [0.25, 0.3) is 11.1 Å². The Bertz CT molecular complexity index is 2590. The lowest BCUT2D eigenvalue weighted by Crippen LogP contribution is -2.58. The molecule has 2 aliphatic carbocycles. The highest BCUT2D eigenvalue weighted by atomic mass is 19.2. The second kappa shape index (κ2) is 14.0. The average molecular weight is 852 g/mol. The van der Waals surface area contributed by atoms with E-state index in [1.807, 2.05) is 0 Å². The van der Waals surface area contributed by atoms with Gasteiger partial charge in [0.05, 0.1) is 5.82 Å². The fourth-order valence-corrected chi connectivity index (χ4v) is 7.71. The quantitative estimate of drug-likeness (QED) is 0.0694. The number of hydrogen-bond acceptors (Lipinski definition) is 0. The van der Waals surface area contributed by atoms with E-state index in [9.17, 15) is 48.3 Å². The van der Waals surface area contributed by atoms with Crippen molar-refractivity contribution in [1.82, 2.24) is 0 Å². The van der Waals surface area contributed by atoms with Gasteiger partial charge in [0.2, 0.25) is 6.71 Å². The van der Waals surface area contributed by atoms with Crippen LogP contribution < -0.4 is 27.3 Å². The lowest BCUT2D eigenvalue weighted by atomic mass is 9.33. The molecule has 0 saturated carbocycles. The predicted molar refractivity (Wildman–Crippen MR) is 175 cm³/mol. The molecule has 59 heavy (non-hydrogen) atoms. The molecule has 7 rings (SSSR count). The van der Waals surface area contributed by atoms with Gasteiger partial charge in [0.1, 0.15) is 11.7 Å². The third kappa shape index (κ3) is 5.73. The summed E-state index contributed by atoms with van der Waals surface area (Å²) in [6, 6.07) is 5.05. The zero-order valence-corrected chi connectivity index (χ0v) is 28.9. The van der Waals surface area contributed by atoms with Crippen molar-refractivity contribution in [2.24, 2.45) is 0 Å². The molecule has 5 aromatic rings. The van der Waals surface area contributed by atoms with E-state index in [4.69, 9.17) is 0 Å². The Balaban J connectivity index is 1.54. The average Bonchev–Trinajstić information content (AvgIpc) is 3.55. The lowest BCUT2D eigenvalue weighted by molar-refractivity contribution is 0.382. The maximum Gasteiger partial charge on any atom is 0.257 e. The predicted octanol–water partition coefficient (Wildman–Crippen LogP) is 8.89. The molecule has 0 unspecified atom stereocenters. The Morgan fingerprint density at radius 1 is 0.373 bits per heavy atom. The maximum atomic E-state index is 15.4. The van der Waals surface area contributed by atoms with Crippen LogP contribution in [-0.4, -0.2) is 13.4 Å². The van der Waals surface area contributed by atoms with Gasteiger partial charge >= 0.3 is 0 Å². The minimum absolute atomic E-state index is 0.0601. The second-order valence-electron chi connectivity index (χ2n) is 13.9. The molecule has 0 spiro atoms. The highest BCUT2D eigenvalue weighted by Gasteiger charge is 2.49. The number of hydrogen-bond donors (Lipinski definition) is 0. The summed E-state index contributed by atoms with van der Waals surface area (Å²) in [6.07, 6.45) is 0. The van der Waals surface area contributed by atoms with Crippen LogP contribution in [0, 0.1) is 87.3 Å². The van der Waals surface area contributed by atoms with Gasteiger partial charge in [0.15, 0.2) is 98.9 Å². The molecule has 0 atom stereocenters. The van der Waals surface area contributed by atoms with Crippen LogP contribution in [0.3, 0.4) is 0 Å². The first kappa shape index (κ1) is 41.5. The first-order valence-corrected chi connectivity index (χ1v) is 16.4. The molecular weight excluding hydrogens is 839 g/mol. The number of benzene rings is 5. The Morgan fingerprint density at radius 3 is 1.02 bits per heavy atom. The fourth-order valence-electron chi connectivity index (χ4n) is 7.71. The van der Waals surface area contributed by atoms with Gasteiger partial charge in [-0.1, -0.05) is 61.2 Å². The van der Waals surface area contributed by atoms with Crippen LogP contribution in [-0.2, 0) is 5.41 Å². The van der Waals surface area contributed by atoms with Gasteiger partial charge in [-0.05, 0) is 22.3 Å². The van der Waals surface area contributed by atoms with Gasteiger partial charge in [-0.15, -0.1) is 0 Å². The van der Waals surface area contributed by atoms with Crippen molar-refractivity contribution < 1.29 is 83.4 Å². The molecule has 0 aliphatic heterocycles. The van der Waals surface area contributed by atoms with Crippen molar-refractivity contribution in [2.45, 2.75) is 25.1 Å². The normalized spacial score (nSPS) is 14.8. The Labute approximate surface area is 318 Å². The largest absolute Gasteiger partial charge is 0.257 e. The molecule has 304 valence electrons. The number of allylic oxidation sites excluding steroid dienone is 4. The standard InChI is InChI=1S/C38H13B2F19/c1-38(2)13-5-3-9(39(15-19(41)27(49)28(50)20(15)42)16-21(43)29(51)35(57)30(52)22(16)44)7-11(13)12-8-10(4-6-14(12)38)40(17-23(45)31(53)36(58)32(54)24(17)46)18-25(47)33(55)37(59)34(56)26(18)48/h3-8,15H,1-2H3. The van der Waals surface area contributed by atoms with Crippen molar-refractivity contribution in [1.29, 1.82) is 0 Å². The van der Waals surface area contributed by atoms with E-state index >= 15 is 35.1 Å². The molecule has 21 heteroatoms. The van der Waals surface area contributed by atoms with E-state index in [2.05, 4.69) is 0 Å². The van der Waals surface area contributed by atoms with Gasteiger partial charge < -0.3 is 0 Å². The molecule has 0 saturated heterocycles. The zero-order chi connectivity index (χ0) is 43.6. The first-order chi connectivity index (χ1) is 27.5. The van der Waals surface area contributed by atoms with Crippen molar-refractivity contribution in [3.63, 3.8) is 0 Å². The van der Waals surface area contributed by atoms with Gasteiger partial charge in [-0.25, -0.2) is 83.4 Å². The smallest absolute Gasteiger partial charge is 0.208 e. The van der Waals surface area contributed by atoms with Gasteiger partial charge in [0.25, 0.3) is 6.71 Å². The highest BCUT2D eigenvalue weighted by molar-refractivity contribution is 6.95. The minimum Gasteiger partial charge on any atom is -0.208 e. The van der Waals surface area contributed by atoms with Crippen LogP contribution in [0.1, 0.15) is 25.0 Å². The number of rotatable bonds is 6. The number of halogens is 19. The SMILES string of the molecule is CC1(C)c2ccc(B(c3c(F)c(F)c(F)c(F)c3F)c3c(F)c(F)c(F)c(F)c3F)cc2-c2cc(B(c3c(F)c(F)c(F)c(F)c3F)C3C(F)=C(F)C(F)=C3F)ccc21. The highest BCUT2D eigenvalue weighted by Crippen LogP contribution is 2.50. The van der Waals surface area contributed by atoms with Gasteiger partial charge in [-0.2, -0.15) is 0 Å². The van der Waals surface area contributed by atoms with E-state index in [0.29, 0.717) is 6.07 Å². The van der Waals surface area contributed by atoms with Crippen LogP contribution in [0.5, 0.6) is 0 Å². The van der Waals surface area contributed by atoms with Crippen LogP contribution in [0.15, 0.2) is 59.7 Å². The van der Waals surface area contributed by atoms with Crippen molar-refractivity contribution >= 4 is 40.7 Å². The molecule has 0 heterocycles. The molecule has 0 radical (unpaired) electrons. The van der Waals surface area contributed by atoms with E-state index in [1.165, 1.54) is 13.8 Å². The third-order valence-electron chi connectivity index (χ3n) is 10.5. The third-order valence-corrected chi connectivity index (χ3v) is 10.5. The van der Waals surface area contributed by atoms with Gasteiger partial charge in [0, 0.05) is 21.8 Å². The summed E-state index contributed by atoms with van der Waals surface area (Å²) >= 11 is 0. The molecule has 0 bridgehead atoms. The first-order valence-electron chi connectivity index (χ1n) is 16.4. The summed E-state index contributed by atoms with van der Waals surface area (Å²) in [4.78, 5) is 0. The molecule has 0 fully saturated rings. The monoisotopic (exact) mass is 852 g/mol. The Kier molecular flexibility index (Phi) is 9.86. The van der Waals surface area contributed by atoms with E-state index in [-0.39, 0.29) is 22.3 Å². The topological polar surface area (TPSA) is 0 Å². The van der Waals surface area contributed by atoms with E-state index in [1.54, 1.807) is 0 Å². The summed E-state index contributed by atoms with van der Waals surface area (Å²) in [7, 11) is 0. The van der Waals surface area contributed by atoms with Crippen molar-refractivity contribution in [2.75, 3.05) is 0 Å². The summed E-state index contributed by atoms with van der Waals surface area (Å²) in [5.41, 5.74) is -9.85.